The van der Waals surface area contributed by atoms with Gasteiger partial charge in [0.1, 0.15) is 53.3 Å². The van der Waals surface area contributed by atoms with Crippen LogP contribution in [0.15, 0.2) is 48.6 Å². The molecule has 0 amide bonds. The molecule has 1 fully saturated rings. The third-order valence-corrected chi connectivity index (χ3v) is 7.70. The Labute approximate surface area is 241 Å². The van der Waals surface area contributed by atoms with E-state index in [1.54, 1.807) is 0 Å². The van der Waals surface area contributed by atoms with E-state index >= 15 is 8.78 Å². The Balaban J connectivity index is 1.85. The van der Waals surface area contributed by atoms with Crippen LogP contribution in [0, 0.1) is 29.4 Å². The van der Waals surface area contributed by atoms with Gasteiger partial charge in [0.15, 0.2) is 0 Å². The molecule has 230 valence electrons. The minimum Gasteiger partial charge on any atom is -0.313 e. The molecule has 0 saturated heterocycles. The van der Waals surface area contributed by atoms with E-state index in [1.165, 1.54) is 12.2 Å². The molecular formula is C27H25F12IO. The second-order valence-electron chi connectivity index (χ2n) is 10.0. The molecule has 41 heavy (non-hydrogen) atoms. The Morgan fingerprint density at radius 2 is 1.54 bits per heavy atom. The highest BCUT2D eigenvalue weighted by molar-refractivity contribution is 14.1. The molecule has 0 aromatic heterocycles. The van der Waals surface area contributed by atoms with Gasteiger partial charge in [0.25, 0.3) is 0 Å². The van der Waals surface area contributed by atoms with Crippen LogP contribution in [0.2, 0.25) is 0 Å². The van der Waals surface area contributed by atoms with Gasteiger partial charge in [0.2, 0.25) is 0 Å². The molecule has 1 aromatic rings. The minimum absolute atomic E-state index is 0.0437. The molecule has 0 spiro atoms. The molecule has 4 unspecified atom stereocenters. The molecule has 1 nitrogen and oxygen atoms in total. The van der Waals surface area contributed by atoms with Crippen molar-refractivity contribution in [2.45, 2.75) is 68.5 Å². The molecule has 14 heteroatoms. The third-order valence-electron chi connectivity index (χ3n) is 7.26. The maximum absolute atomic E-state index is 15.2. The van der Waals surface area contributed by atoms with Gasteiger partial charge in [-0.05, 0) is 48.6 Å². The van der Waals surface area contributed by atoms with Crippen LogP contribution in [0.3, 0.4) is 0 Å². The Morgan fingerprint density at radius 1 is 0.976 bits per heavy atom. The zero-order valence-electron chi connectivity index (χ0n) is 21.1. The van der Waals surface area contributed by atoms with Crippen LogP contribution in [0.25, 0.3) is 0 Å². The summed E-state index contributed by atoms with van der Waals surface area (Å²) in [5, 5.41) is 0. The number of alkyl halides is 9. The Bertz CT molecular complexity index is 1110. The van der Waals surface area contributed by atoms with Gasteiger partial charge in [-0.15, -0.1) is 6.58 Å². The first-order chi connectivity index (χ1) is 19.0. The van der Waals surface area contributed by atoms with Crippen LogP contribution in [0.4, 0.5) is 52.7 Å². The third kappa shape index (κ3) is 7.63. The number of benzene rings is 1. The number of halogens is 13. The smallest absolute Gasteiger partial charge is 0.313 e. The molecule has 0 radical (unpaired) electrons. The van der Waals surface area contributed by atoms with Crippen molar-refractivity contribution in [1.82, 2.24) is 0 Å². The predicted octanol–water partition coefficient (Wildman–Crippen LogP) is 9.82. The van der Waals surface area contributed by atoms with Crippen LogP contribution < -0.4 is 0 Å². The molecule has 0 N–H and O–H groups in total. The maximum Gasteiger partial charge on any atom is 0.397 e. The Hall–Kier alpha value is -1.71. The lowest BCUT2D eigenvalue weighted by atomic mass is 9.75. The predicted molar refractivity (Wildman–Crippen MR) is 135 cm³/mol. The molecule has 3 rings (SSSR count). The van der Waals surface area contributed by atoms with E-state index in [1.807, 2.05) is 22.6 Å². The fraction of sp³-hybridized carbons (Fsp3) is 0.556. The fourth-order valence-corrected chi connectivity index (χ4v) is 5.85. The van der Waals surface area contributed by atoms with E-state index in [0.717, 1.165) is 6.08 Å². The molecule has 1 aromatic carbocycles. The van der Waals surface area contributed by atoms with E-state index in [2.05, 4.69) is 11.3 Å². The van der Waals surface area contributed by atoms with E-state index in [-0.39, 0.29) is 23.0 Å². The van der Waals surface area contributed by atoms with Gasteiger partial charge in [-0.2, -0.15) is 22.0 Å². The summed E-state index contributed by atoms with van der Waals surface area (Å²) in [5.74, 6) is -12.7. The highest BCUT2D eigenvalue weighted by Crippen LogP contribution is 2.47. The van der Waals surface area contributed by atoms with Crippen molar-refractivity contribution >= 4 is 22.6 Å². The van der Waals surface area contributed by atoms with E-state index in [0.29, 0.717) is 0 Å². The summed E-state index contributed by atoms with van der Waals surface area (Å²) < 4.78 is 175. The van der Waals surface area contributed by atoms with Gasteiger partial charge in [-0.25, -0.2) is 30.7 Å². The van der Waals surface area contributed by atoms with Crippen LogP contribution in [-0.2, 0) is 10.8 Å². The van der Waals surface area contributed by atoms with Crippen LogP contribution >= 0.6 is 22.6 Å². The molecular weight excluding hydrogens is 695 g/mol. The normalized spacial score (nSPS) is 30.6. The summed E-state index contributed by atoms with van der Waals surface area (Å²) >= 11 is 1.88. The number of ether oxygens (including phenoxy) is 1. The summed E-state index contributed by atoms with van der Waals surface area (Å²) in [6.45, 7) is 3.50. The first-order valence-electron chi connectivity index (χ1n) is 12.4. The van der Waals surface area contributed by atoms with Crippen LogP contribution in [0.5, 0.6) is 0 Å². The molecule has 2 aliphatic carbocycles. The Kier molecular flexibility index (Phi) is 11.0. The second kappa shape index (κ2) is 13.3. The van der Waals surface area contributed by atoms with Gasteiger partial charge in [0.05, 0.1) is 12.0 Å². The Morgan fingerprint density at radius 3 is 2.00 bits per heavy atom. The van der Waals surface area contributed by atoms with Gasteiger partial charge in [-0.1, -0.05) is 28.7 Å². The summed E-state index contributed by atoms with van der Waals surface area (Å²) in [6, 6.07) is 0.490. The number of hydrogen-bond donors (Lipinski definition) is 0. The highest BCUT2D eigenvalue weighted by atomic mass is 127. The molecule has 0 heterocycles. The van der Waals surface area contributed by atoms with Crippen molar-refractivity contribution in [3.63, 3.8) is 0 Å². The summed E-state index contributed by atoms with van der Waals surface area (Å²) in [5.41, 5.74) is -2.74. The molecule has 0 bridgehead atoms. The zero-order valence-corrected chi connectivity index (χ0v) is 23.2. The van der Waals surface area contributed by atoms with E-state index in [9.17, 15) is 43.9 Å². The van der Waals surface area contributed by atoms with Gasteiger partial charge in [-0.3, -0.25) is 0 Å². The quantitative estimate of drug-likeness (QED) is 0.107. The maximum atomic E-state index is 15.2. The lowest BCUT2D eigenvalue weighted by molar-refractivity contribution is -0.295. The minimum atomic E-state index is -5.29. The number of allylic oxidation sites excluding steroid dienone is 5. The van der Waals surface area contributed by atoms with E-state index in [4.69, 9.17) is 0 Å². The second-order valence-corrected chi connectivity index (χ2v) is 10.9. The average molecular weight is 720 g/mol. The topological polar surface area (TPSA) is 9.23 Å². The van der Waals surface area contributed by atoms with Crippen molar-refractivity contribution in [2.24, 2.45) is 17.8 Å². The van der Waals surface area contributed by atoms with Gasteiger partial charge < -0.3 is 4.74 Å². The van der Waals surface area contributed by atoms with Crippen molar-refractivity contribution < 1.29 is 57.4 Å². The van der Waals surface area contributed by atoms with Crippen molar-refractivity contribution in [3.05, 3.63) is 71.4 Å². The van der Waals surface area contributed by atoms with Crippen LogP contribution in [-0.4, -0.2) is 35.2 Å². The molecule has 8 atom stereocenters. The van der Waals surface area contributed by atoms with Gasteiger partial charge in [0, 0.05) is 23.2 Å². The van der Waals surface area contributed by atoms with Gasteiger partial charge >= 0.3 is 12.3 Å². The zero-order chi connectivity index (χ0) is 30.9. The number of hydrogen-bond acceptors (Lipinski definition) is 1. The van der Waals surface area contributed by atoms with E-state index < -0.39 is 114 Å². The molecule has 2 aliphatic rings. The molecule has 0 aliphatic heterocycles. The fourth-order valence-electron chi connectivity index (χ4n) is 5.43. The number of rotatable bonds is 9. The summed E-state index contributed by atoms with van der Waals surface area (Å²) in [6.07, 6.45) is -19.9. The lowest BCUT2D eigenvalue weighted by Gasteiger charge is -2.36. The first kappa shape index (κ1) is 33.8. The van der Waals surface area contributed by atoms with Crippen LogP contribution in [0.1, 0.15) is 42.7 Å². The monoisotopic (exact) mass is 720 g/mol. The summed E-state index contributed by atoms with van der Waals surface area (Å²) in [7, 11) is 0. The van der Waals surface area contributed by atoms with Crippen molar-refractivity contribution in [2.75, 3.05) is 4.43 Å². The first-order valence-corrected chi connectivity index (χ1v) is 14.0. The summed E-state index contributed by atoms with van der Waals surface area (Å²) in [4.78, 5) is 0. The average Bonchev–Trinajstić information content (AvgIpc) is 2.79. The van der Waals surface area contributed by atoms with Crippen molar-refractivity contribution in [1.29, 1.82) is 0 Å². The SMILES string of the molecule is C=CC[C@@H](/C(F)=C\CI)[C@H]1C=C(F)[C@@H](c2cc(F)c(C(F)(F)OC3CC(F)C(C(F)(F)F)[C@@H](F)C3)c(F)c2)C(F)C1. The molecule has 1 saturated carbocycles. The largest absolute Gasteiger partial charge is 0.397 e. The highest BCUT2D eigenvalue weighted by Gasteiger charge is 2.55. The van der Waals surface area contributed by atoms with Crippen molar-refractivity contribution in [3.8, 4) is 0 Å². The lowest BCUT2D eigenvalue weighted by Crippen LogP contribution is -2.47. The standard InChI is InChI=1S/C27H25F12IO/c1-2-3-15(16(28)4-5-40)12-6-17(29)23(18(30)7-12)13-8-19(31)25(20(32)9-13)27(38,39)41-14-10-21(33)24(22(34)11-14)26(35,36)37/h2,4,6,8-9,12,14-15,18,21-24H,1,3,5,7,10-11H2/b16-4+/t12-,14?,15+,18?,21-,22?,23+,24?/m0/s1.